The zero-order chi connectivity index (χ0) is 23.4. The minimum Gasteiger partial charge on any atom is -0.363 e. The second-order valence-electron chi connectivity index (χ2n) is 7.54. The van der Waals surface area contributed by atoms with Gasteiger partial charge in [-0.2, -0.15) is 13.5 Å². The summed E-state index contributed by atoms with van der Waals surface area (Å²) in [7, 11) is -0.331. The number of carbonyl (C=O) groups is 1. The van der Waals surface area contributed by atoms with E-state index in [1.165, 1.54) is 12.3 Å². The van der Waals surface area contributed by atoms with Crippen molar-refractivity contribution in [1.82, 2.24) is 18.5 Å². The minimum atomic E-state index is -4.06. The van der Waals surface area contributed by atoms with Crippen molar-refractivity contribution in [2.24, 2.45) is 0 Å². The molecule has 33 heavy (non-hydrogen) atoms. The van der Waals surface area contributed by atoms with E-state index in [1.54, 1.807) is 24.3 Å². The highest BCUT2D eigenvalue weighted by Gasteiger charge is 2.28. The van der Waals surface area contributed by atoms with E-state index in [0.717, 1.165) is 23.1 Å². The molecule has 9 nitrogen and oxygen atoms in total. The molecule has 2 heterocycles. The third kappa shape index (κ3) is 5.33. The van der Waals surface area contributed by atoms with Crippen LogP contribution in [0.1, 0.15) is 5.56 Å². The molecule has 0 aliphatic heterocycles. The monoisotopic (exact) mass is 482 g/mol. The van der Waals surface area contributed by atoms with E-state index < -0.39 is 22.0 Å². The zero-order valence-electron chi connectivity index (χ0n) is 18.0. The van der Waals surface area contributed by atoms with E-state index in [4.69, 9.17) is 0 Å². The number of rotatable bonds is 8. The van der Waals surface area contributed by atoms with E-state index in [9.17, 15) is 13.2 Å². The van der Waals surface area contributed by atoms with Crippen molar-refractivity contribution in [3.8, 4) is 0 Å². The predicted molar refractivity (Wildman–Crippen MR) is 129 cm³/mol. The van der Waals surface area contributed by atoms with E-state index in [1.807, 2.05) is 49.3 Å². The molecule has 1 atom stereocenters. The van der Waals surface area contributed by atoms with E-state index in [2.05, 4.69) is 23.8 Å². The fourth-order valence-corrected chi connectivity index (χ4v) is 5.20. The molecule has 0 saturated heterocycles. The molecule has 4 aromatic rings. The Hall–Kier alpha value is -3.41. The maximum absolute atomic E-state index is 13.2. The van der Waals surface area contributed by atoms with Crippen molar-refractivity contribution in [3.63, 3.8) is 0 Å². The molecule has 2 N–H and O–H groups in total. The quantitative estimate of drug-likeness (QED) is 0.396. The summed E-state index contributed by atoms with van der Waals surface area (Å²) < 4.78 is 37.3. The Balaban J connectivity index is 1.61. The average Bonchev–Trinajstić information content (AvgIpc) is 3.28. The van der Waals surface area contributed by atoms with Crippen LogP contribution in [0.5, 0.6) is 0 Å². The number of pyridine rings is 1. The van der Waals surface area contributed by atoms with Crippen molar-refractivity contribution in [3.05, 3.63) is 72.4 Å². The molecule has 0 saturated carbocycles. The topological polar surface area (TPSA) is 117 Å². The number of nitrogens with zero attached hydrogens (tertiary/aromatic N) is 4. The third-order valence-corrected chi connectivity index (χ3v) is 6.95. The van der Waals surface area contributed by atoms with Gasteiger partial charge >= 0.3 is 0 Å². The van der Waals surface area contributed by atoms with Gasteiger partial charge in [0.1, 0.15) is 27.8 Å². The van der Waals surface area contributed by atoms with Crippen LogP contribution < -0.4 is 14.9 Å². The number of anilines is 2. The molecule has 0 aliphatic rings. The lowest BCUT2D eigenvalue weighted by Gasteiger charge is -2.19. The number of hydrogen-bond acceptors (Lipinski definition) is 8. The average molecular weight is 483 g/mol. The van der Waals surface area contributed by atoms with Crippen LogP contribution >= 0.6 is 11.7 Å². The van der Waals surface area contributed by atoms with Gasteiger partial charge in [-0.1, -0.05) is 36.4 Å². The van der Waals surface area contributed by atoms with Crippen LogP contribution in [-0.4, -0.2) is 48.2 Å². The lowest BCUT2D eigenvalue weighted by molar-refractivity contribution is -0.117. The number of benzene rings is 2. The van der Waals surface area contributed by atoms with Crippen LogP contribution in [0.4, 0.5) is 11.5 Å². The first kappa shape index (κ1) is 22.8. The van der Waals surface area contributed by atoms with Crippen molar-refractivity contribution in [1.29, 1.82) is 0 Å². The van der Waals surface area contributed by atoms with Gasteiger partial charge in [-0.3, -0.25) is 4.79 Å². The van der Waals surface area contributed by atoms with Crippen molar-refractivity contribution in [2.75, 3.05) is 24.3 Å². The van der Waals surface area contributed by atoms with Gasteiger partial charge in [0.2, 0.25) is 15.9 Å². The summed E-state index contributed by atoms with van der Waals surface area (Å²) in [4.78, 5) is 19.3. The number of carbonyl (C=O) groups excluding carboxylic acids is 1. The Bertz CT molecular complexity index is 1360. The van der Waals surface area contributed by atoms with Gasteiger partial charge in [0.05, 0.1) is 23.6 Å². The molecule has 0 unspecified atom stereocenters. The number of aromatic nitrogens is 3. The standard InChI is InChI=1S/C22H22N6O3S2/c1-28(2)20-12-11-16(14-23-20)24-22(29)18(13-15-7-4-3-5-8-15)27-33(30,31)19-10-6-9-17-21(19)26-32-25-17/h3-12,14,18,27H,13H2,1-2H3,(H,24,29)/t18-/m0/s1. The number of hydrogen-bond donors (Lipinski definition) is 2. The van der Waals surface area contributed by atoms with Crippen LogP contribution in [0.25, 0.3) is 11.0 Å². The summed E-state index contributed by atoms with van der Waals surface area (Å²) in [6.45, 7) is 0. The summed E-state index contributed by atoms with van der Waals surface area (Å²) in [5, 5.41) is 2.76. The molecule has 0 radical (unpaired) electrons. The SMILES string of the molecule is CN(C)c1ccc(NC(=O)[C@H](Cc2ccccc2)NS(=O)(=O)c2cccc3nsnc23)cn1. The highest BCUT2D eigenvalue weighted by Crippen LogP contribution is 2.22. The molecule has 4 rings (SSSR count). The number of fused-ring (bicyclic) bond motifs is 1. The molecule has 170 valence electrons. The molecular weight excluding hydrogens is 460 g/mol. The van der Waals surface area contributed by atoms with Gasteiger partial charge in [0.15, 0.2) is 0 Å². The smallest absolute Gasteiger partial charge is 0.243 e. The molecule has 0 aliphatic carbocycles. The van der Waals surface area contributed by atoms with Crippen molar-refractivity contribution in [2.45, 2.75) is 17.4 Å². The zero-order valence-corrected chi connectivity index (χ0v) is 19.6. The number of sulfonamides is 1. The van der Waals surface area contributed by atoms with Crippen LogP contribution in [0, 0.1) is 0 Å². The first-order valence-electron chi connectivity index (χ1n) is 10.1. The van der Waals surface area contributed by atoms with Crippen LogP contribution in [-0.2, 0) is 21.2 Å². The Morgan fingerprint density at radius 3 is 2.52 bits per heavy atom. The lowest BCUT2D eigenvalue weighted by atomic mass is 10.1. The van der Waals surface area contributed by atoms with Crippen LogP contribution in [0.2, 0.25) is 0 Å². The Morgan fingerprint density at radius 2 is 1.82 bits per heavy atom. The van der Waals surface area contributed by atoms with E-state index in [0.29, 0.717) is 11.2 Å². The molecule has 2 aromatic carbocycles. The first-order valence-corrected chi connectivity index (χ1v) is 12.3. The van der Waals surface area contributed by atoms with Gasteiger partial charge in [-0.15, -0.1) is 0 Å². The van der Waals surface area contributed by atoms with Gasteiger partial charge < -0.3 is 10.2 Å². The summed E-state index contributed by atoms with van der Waals surface area (Å²) in [6.07, 6.45) is 1.70. The predicted octanol–water partition coefficient (Wildman–Crippen LogP) is 2.68. The number of amides is 1. The summed E-state index contributed by atoms with van der Waals surface area (Å²) in [6, 6.07) is 16.4. The largest absolute Gasteiger partial charge is 0.363 e. The summed E-state index contributed by atoms with van der Waals surface area (Å²) >= 11 is 0.934. The highest BCUT2D eigenvalue weighted by molar-refractivity contribution is 7.89. The molecule has 0 bridgehead atoms. The van der Waals surface area contributed by atoms with Crippen molar-refractivity contribution >= 4 is 50.2 Å². The van der Waals surface area contributed by atoms with Gasteiger partial charge in [0, 0.05) is 14.1 Å². The van der Waals surface area contributed by atoms with Gasteiger partial charge in [-0.05, 0) is 36.2 Å². The molecule has 11 heteroatoms. The molecule has 2 aromatic heterocycles. The van der Waals surface area contributed by atoms with Gasteiger partial charge in [-0.25, -0.2) is 13.4 Å². The number of nitrogens with one attached hydrogen (secondary N) is 2. The molecule has 0 fully saturated rings. The van der Waals surface area contributed by atoms with Crippen LogP contribution in [0.3, 0.4) is 0 Å². The normalized spacial score (nSPS) is 12.4. The maximum Gasteiger partial charge on any atom is 0.243 e. The summed E-state index contributed by atoms with van der Waals surface area (Å²) in [5.74, 6) is 0.241. The highest BCUT2D eigenvalue weighted by atomic mass is 32.2. The summed E-state index contributed by atoms with van der Waals surface area (Å²) in [5.41, 5.74) is 2.04. The fourth-order valence-electron chi connectivity index (χ4n) is 3.24. The Labute approximate surface area is 195 Å². The van der Waals surface area contributed by atoms with E-state index in [-0.39, 0.29) is 16.8 Å². The fraction of sp³-hybridized carbons (Fsp3) is 0.182. The van der Waals surface area contributed by atoms with E-state index >= 15 is 0 Å². The van der Waals surface area contributed by atoms with Crippen molar-refractivity contribution < 1.29 is 13.2 Å². The Morgan fingerprint density at radius 1 is 1.03 bits per heavy atom. The Kier molecular flexibility index (Phi) is 6.63. The molecule has 1 amide bonds. The second-order valence-corrected chi connectivity index (χ2v) is 9.75. The maximum atomic E-state index is 13.2. The van der Waals surface area contributed by atoms with Crippen LogP contribution in [0.15, 0.2) is 71.8 Å². The second kappa shape index (κ2) is 9.61. The first-order chi connectivity index (χ1) is 15.8. The lowest BCUT2D eigenvalue weighted by Crippen LogP contribution is -2.45. The third-order valence-electron chi connectivity index (χ3n) is 4.91. The minimum absolute atomic E-state index is 0.0170. The molecular formula is C22H22N6O3S2. The van der Waals surface area contributed by atoms with Gasteiger partial charge in [0.25, 0.3) is 0 Å². The molecule has 0 spiro atoms.